The van der Waals surface area contributed by atoms with Crippen LogP contribution in [-0.2, 0) is 6.42 Å². The fourth-order valence-corrected chi connectivity index (χ4v) is 2.98. The van der Waals surface area contributed by atoms with Crippen LogP contribution in [0.5, 0.6) is 0 Å². The molecule has 2 aromatic heterocycles. The van der Waals surface area contributed by atoms with Crippen molar-refractivity contribution < 1.29 is 4.42 Å². The lowest BCUT2D eigenvalue weighted by Crippen LogP contribution is -2.01. The first-order valence-electron chi connectivity index (χ1n) is 5.60. The van der Waals surface area contributed by atoms with Crippen LogP contribution in [-0.4, -0.2) is 11.5 Å². The highest BCUT2D eigenvalue weighted by Gasteiger charge is 2.10. The van der Waals surface area contributed by atoms with Crippen LogP contribution in [0.4, 0.5) is 0 Å². The van der Waals surface area contributed by atoms with Crippen molar-refractivity contribution in [2.45, 2.75) is 6.42 Å². The number of fused-ring (bicyclic) bond motifs is 1. The molecule has 3 nitrogen and oxygen atoms in total. The van der Waals surface area contributed by atoms with E-state index in [0.29, 0.717) is 6.54 Å². The van der Waals surface area contributed by atoms with Crippen molar-refractivity contribution in [3.8, 4) is 11.5 Å². The van der Waals surface area contributed by atoms with E-state index < -0.39 is 0 Å². The summed E-state index contributed by atoms with van der Waals surface area (Å²) in [6, 6.07) is 7.98. The second kappa shape index (κ2) is 4.84. The zero-order valence-corrected chi connectivity index (χ0v) is 11.9. The van der Waals surface area contributed by atoms with Gasteiger partial charge in [-0.3, -0.25) is 0 Å². The van der Waals surface area contributed by atoms with Crippen molar-refractivity contribution in [3.05, 3.63) is 39.1 Å². The molecule has 18 heavy (non-hydrogen) atoms. The van der Waals surface area contributed by atoms with Gasteiger partial charge in [-0.05, 0) is 30.8 Å². The van der Waals surface area contributed by atoms with Gasteiger partial charge < -0.3 is 10.2 Å². The highest BCUT2D eigenvalue weighted by atomic mass is 79.9. The van der Waals surface area contributed by atoms with E-state index in [1.807, 2.05) is 29.6 Å². The zero-order chi connectivity index (χ0) is 12.5. The van der Waals surface area contributed by atoms with Crippen LogP contribution < -0.4 is 5.73 Å². The van der Waals surface area contributed by atoms with Crippen molar-refractivity contribution in [2.75, 3.05) is 6.54 Å². The van der Waals surface area contributed by atoms with Crippen molar-refractivity contribution in [3.63, 3.8) is 0 Å². The van der Waals surface area contributed by atoms with Gasteiger partial charge in [0.05, 0.1) is 5.01 Å². The highest BCUT2D eigenvalue weighted by Crippen LogP contribution is 2.30. The molecule has 2 heterocycles. The number of thiazole rings is 1. The molecule has 0 aliphatic heterocycles. The van der Waals surface area contributed by atoms with Crippen molar-refractivity contribution in [1.29, 1.82) is 0 Å². The van der Waals surface area contributed by atoms with E-state index in [4.69, 9.17) is 10.2 Å². The number of halogens is 1. The first-order chi connectivity index (χ1) is 8.76. The normalized spacial score (nSPS) is 11.2. The Labute approximate surface area is 117 Å². The Morgan fingerprint density at radius 1 is 1.33 bits per heavy atom. The maximum absolute atomic E-state index is 5.79. The Bertz CT molecular complexity index is 689. The second-order valence-corrected chi connectivity index (χ2v) is 5.82. The number of furan rings is 1. The molecule has 1 aromatic carbocycles. The molecule has 0 radical (unpaired) electrons. The molecular weight excluding hydrogens is 312 g/mol. The minimum atomic E-state index is 0.625. The number of hydrogen-bond donors (Lipinski definition) is 1. The van der Waals surface area contributed by atoms with Gasteiger partial charge in [0.2, 0.25) is 0 Å². The standard InChI is InChI=1S/C13H11BrN2OS/c14-9-1-2-11-8(5-9)6-12(17-11)10-7-18-13(16-10)3-4-15/h1-2,5-7H,3-4,15H2. The number of aromatic nitrogens is 1. The molecule has 3 aromatic rings. The Kier molecular flexibility index (Phi) is 3.20. The lowest BCUT2D eigenvalue weighted by Gasteiger charge is -1.89. The molecule has 2 N–H and O–H groups in total. The second-order valence-electron chi connectivity index (χ2n) is 3.96. The quantitative estimate of drug-likeness (QED) is 0.797. The Balaban J connectivity index is 2.02. The first kappa shape index (κ1) is 11.9. The molecule has 0 saturated heterocycles. The van der Waals surface area contributed by atoms with Gasteiger partial charge >= 0.3 is 0 Å². The number of rotatable bonds is 3. The van der Waals surface area contributed by atoms with Crippen LogP contribution in [0.25, 0.3) is 22.4 Å². The summed E-state index contributed by atoms with van der Waals surface area (Å²) in [5, 5.41) is 4.14. The minimum absolute atomic E-state index is 0.625. The molecule has 0 spiro atoms. The van der Waals surface area contributed by atoms with Gasteiger partial charge in [-0.1, -0.05) is 15.9 Å². The molecule has 0 amide bonds. The average molecular weight is 323 g/mol. The van der Waals surface area contributed by atoms with Gasteiger partial charge in [0.25, 0.3) is 0 Å². The molecule has 0 atom stereocenters. The third-order valence-electron chi connectivity index (χ3n) is 2.64. The lowest BCUT2D eigenvalue weighted by atomic mass is 10.2. The van der Waals surface area contributed by atoms with Crippen LogP contribution in [0.1, 0.15) is 5.01 Å². The van der Waals surface area contributed by atoms with E-state index in [1.54, 1.807) is 11.3 Å². The summed E-state index contributed by atoms with van der Waals surface area (Å²) >= 11 is 5.08. The first-order valence-corrected chi connectivity index (χ1v) is 7.27. The maximum Gasteiger partial charge on any atom is 0.154 e. The predicted octanol–water partition coefficient (Wildman–Crippen LogP) is 3.82. The van der Waals surface area contributed by atoms with Gasteiger partial charge in [0.1, 0.15) is 11.3 Å². The summed E-state index contributed by atoms with van der Waals surface area (Å²) < 4.78 is 6.84. The van der Waals surface area contributed by atoms with Crippen LogP contribution >= 0.6 is 27.3 Å². The molecule has 0 aliphatic carbocycles. The maximum atomic E-state index is 5.79. The third kappa shape index (κ3) is 2.21. The van der Waals surface area contributed by atoms with E-state index in [0.717, 1.165) is 38.3 Å². The molecule has 3 rings (SSSR count). The largest absolute Gasteiger partial charge is 0.454 e. The number of benzene rings is 1. The van der Waals surface area contributed by atoms with Gasteiger partial charge in [-0.25, -0.2) is 4.98 Å². The molecular formula is C13H11BrN2OS. The smallest absolute Gasteiger partial charge is 0.154 e. The SMILES string of the molecule is NCCc1nc(-c2cc3cc(Br)ccc3o2)cs1. The average Bonchev–Trinajstić information content (AvgIpc) is 2.94. The topological polar surface area (TPSA) is 52.0 Å². The van der Waals surface area contributed by atoms with Gasteiger partial charge in [0, 0.05) is 21.7 Å². The summed E-state index contributed by atoms with van der Waals surface area (Å²) in [6.45, 7) is 0.625. The summed E-state index contributed by atoms with van der Waals surface area (Å²) in [6.07, 6.45) is 0.816. The van der Waals surface area contributed by atoms with Crippen molar-refractivity contribution in [2.24, 2.45) is 5.73 Å². The minimum Gasteiger partial charge on any atom is -0.454 e. The van der Waals surface area contributed by atoms with Crippen molar-refractivity contribution >= 4 is 38.2 Å². The third-order valence-corrected chi connectivity index (χ3v) is 4.04. The summed E-state index contributed by atoms with van der Waals surface area (Å²) in [5.74, 6) is 0.808. The molecule has 0 aliphatic rings. The Hall–Kier alpha value is -1.17. The fourth-order valence-electron chi connectivity index (χ4n) is 1.80. The van der Waals surface area contributed by atoms with Gasteiger partial charge in [-0.15, -0.1) is 11.3 Å². The Morgan fingerprint density at radius 3 is 3.06 bits per heavy atom. The van der Waals surface area contributed by atoms with E-state index >= 15 is 0 Å². The fraction of sp³-hybridized carbons (Fsp3) is 0.154. The van der Waals surface area contributed by atoms with E-state index in [2.05, 4.69) is 20.9 Å². The molecule has 0 fully saturated rings. The van der Waals surface area contributed by atoms with Crippen molar-refractivity contribution in [1.82, 2.24) is 4.98 Å². The molecule has 92 valence electrons. The number of hydrogen-bond acceptors (Lipinski definition) is 4. The Morgan fingerprint density at radius 2 is 2.22 bits per heavy atom. The van der Waals surface area contributed by atoms with E-state index in [9.17, 15) is 0 Å². The van der Waals surface area contributed by atoms with Gasteiger partial charge in [-0.2, -0.15) is 0 Å². The number of nitrogens with two attached hydrogens (primary N) is 1. The van der Waals surface area contributed by atoms with Crippen LogP contribution in [0.3, 0.4) is 0 Å². The number of nitrogens with zero attached hydrogens (tertiary/aromatic N) is 1. The summed E-state index contributed by atoms with van der Waals surface area (Å²) in [5.41, 5.74) is 7.29. The van der Waals surface area contributed by atoms with Crippen LogP contribution in [0, 0.1) is 0 Å². The van der Waals surface area contributed by atoms with Gasteiger partial charge in [0.15, 0.2) is 5.76 Å². The zero-order valence-electron chi connectivity index (χ0n) is 9.52. The molecule has 0 unspecified atom stereocenters. The summed E-state index contributed by atoms with van der Waals surface area (Å²) in [4.78, 5) is 4.52. The lowest BCUT2D eigenvalue weighted by molar-refractivity contribution is 0.629. The highest BCUT2D eigenvalue weighted by molar-refractivity contribution is 9.10. The van der Waals surface area contributed by atoms with E-state index in [-0.39, 0.29) is 0 Å². The molecule has 5 heteroatoms. The van der Waals surface area contributed by atoms with E-state index in [1.165, 1.54) is 0 Å². The molecule has 0 bridgehead atoms. The predicted molar refractivity (Wildman–Crippen MR) is 77.8 cm³/mol. The monoisotopic (exact) mass is 322 g/mol. The molecule has 0 saturated carbocycles. The van der Waals surface area contributed by atoms with Crippen LogP contribution in [0.2, 0.25) is 0 Å². The van der Waals surface area contributed by atoms with Crippen LogP contribution in [0.15, 0.2) is 38.5 Å². The summed E-state index contributed by atoms with van der Waals surface area (Å²) in [7, 11) is 0.